The first-order valence-electron chi connectivity index (χ1n) is 7.81. The molecular weight excluding hydrogens is 330 g/mol. The molecule has 2 N–H and O–H groups in total. The first-order chi connectivity index (χ1) is 11.4. The number of carbonyl (C=O) groups excluding carboxylic acids is 1. The summed E-state index contributed by atoms with van der Waals surface area (Å²) in [5, 5.41) is 16.9. The van der Waals surface area contributed by atoms with Crippen LogP contribution in [0.25, 0.3) is 5.69 Å². The highest BCUT2D eigenvalue weighted by molar-refractivity contribution is 6.30. The minimum Gasteiger partial charge on any atom is -0.481 e. The van der Waals surface area contributed by atoms with Gasteiger partial charge in [0.25, 0.3) is 0 Å². The Hall–Kier alpha value is -2.34. The van der Waals surface area contributed by atoms with Crippen molar-refractivity contribution in [3.05, 3.63) is 41.2 Å². The molecule has 0 atom stereocenters. The molecule has 0 aliphatic heterocycles. The van der Waals surface area contributed by atoms with Gasteiger partial charge >= 0.3 is 5.97 Å². The summed E-state index contributed by atoms with van der Waals surface area (Å²) in [6, 6.07) is 7.29. The second kappa shape index (κ2) is 6.28. The molecule has 0 spiro atoms. The molecule has 1 aliphatic rings. The Morgan fingerprint density at radius 2 is 2.17 bits per heavy atom. The lowest BCUT2D eigenvalue weighted by molar-refractivity contribution is -0.145. The Bertz CT molecular complexity index is 796. The van der Waals surface area contributed by atoms with E-state index in [1.807, 2.05) is 19.1 Å². The summed E-state index contributed by atoms with van der Waals surface area (Å²) in [7, 11) is 0. The molecule has 1 aromatic carbocycles. The number of nitrogens with one attached hydrogen (secondary N) is 1. The standard InChI is InChI=1S/C17H18ClN3O3/c1-2-14-13(20-15(22)9-17(6-7-17)16(23)24)10-19-21(14)12-5-3-4-11(18)8-12/h3-5,8,10H,2,6-7,9H2,1H3,(H,20,22)(H,23,24). The number of carbonyl (C=O) groups is 2. The van der Waals surface area contributed by atoms with E-state index >= 15 is 0 Å². The van der Waals surface area contributed by atoms with E-state index in [0.29, 0.717) is 30.0 Å². The number of hydrogen-bond donors (Lipinski definition) is 2. The van der Waals surface area contributed by atoms with Gasteiger partial charge in [-0.25, -0.2) is 4.68 Å². The number of aromatic nitrogens is 2. The fraction of sp³-hybridized carbons (Fsp3) is 0.353. The molecule has 1 saturated carbocycles. The van der Waals surface area contributed by atoms with Crippen molar-refractivity contribution < 1.29 is 14.7 Å². The first-order valence-corrected chi connectivity index (χ1v) is 8.19. The predicted molar refractivity (Wildman–Crippen MR) is 90.5 cm³/mol. The summed E-state index contributed by atoms with van der Waals surface area (Å²) in [4.78, 5) is 23.4. The minimum atomic E-state index is -0.900. The molecule has 1 heterocycles. The van der Waals surface area contributed by atoms with Gasteiger partial charge in [-0.3, -0.25) is 9.59 Å². The van der Waals surface area contributed by atoms with Gasteiger partial charge in [-0.15, -0.1) is 0 Å². The van der Waals surface area contributed by atoms with Gasteiger partial charge in [0.1, 0.15) is 0 Å². The molecule has 126 valence electrons. The van der Waals surface area contributed by atoms with E-state index in [4.69, 9.17) is 11.6 Å². The molecular formula is C17H18ClN3O3. The van der Waals surface area contributed by atoms with Crippen LogP contribution >= 0.6 is 11.6 Å². The van der Waals surface area contributed by atoms with Crippen molar-refractivity contribution >= 4 is 29.2 Å². The van der Waals surface area contributed by atoms with Crippen molar-refractivity contribution in [2.75, 3.05) is 5.32 Å². The molecule has 1 amide bonds. The summed E-state index contributed by atoms with van der Waals surface area (Å²) >= 11 is 6.02. The number of amides is 1. The third kappa shape index (κ3) is 3.14. The molecule has 6 nitrogen and oxygen atoms in total. The molecule has 1 aliphatic carbocycles. The number of aliphatic carboxylic acids is 1. The minimum absolute atomic E-state index is 0.00612. The molecule has 0 radical (unpaired) electrons. The molecule has 1 fully saturated rings. The maximum atomic E-state index is 12.2. The van der Waals surface area contributed by atoms with Crippen molar-refractivity contribution in [2.24, 2.45) is 5.41 Å². The van der Waals surface area contributed by atoms with Crippen molar-refractivity contribution in [2.45, 2.75) is 32.6 Å². The van der Waals surface area contributed by atoms with Crippen molar-refractivity contribution in [1.29, 1.82) is 0 Å². The summed E-state index contributed by atoms with van der Waals surface area (Å²) in [6.45, 7) is 1.97. The number of carboxylic acids is 1. The van der Waals surface area contributed by atoms with Gasteiger partial charge in [0.2, 0.25) is 5.91 Å². The van der Waals surface area contributed by atoms with E-state index in [1.54, 1.807) is 23.0 Å². The van der Waals surface area contributed by atoms with Gasteiger partial charge in [-0.1, -0.05) is 24.6 Å². The normalized spacial score (nSPS) is 15.1. The lowest BCUT2D eigenvalue weighted by Crippen LogP contribution is -2.23. The zero-order valence-electron chi connectivity index (χ0n) is 13.3. The van der Waals surface area contributed by atoms with Gasteiger partial charge in [-0.2, -0.15) is 5.10 Å². The van der Waals surface area contributed by atoms with E-state index in [2.05, 4.69) is 10.4 Å². The van der Waals surface area contributed by atoms with Crippen LogP contribution < -0.4 is 5.32 Å². The van der Waals surface area contributed by atoms with Crippen LogP contribution in [0.5, 0.6) is 0 Å². The SMILES string of the molecule is CCc1c(NC(=O)CC2(C(=O)O)CC2)cnn1-c1cccc(Cl)c1. The second-order valence-electron chi connectivity index (χ2n) is 6.06. The highest BCUT2D eigenvalue weighted by atomic mass is 35.5. The summed E-state index contributed by atoms with van der Waals surface area (Å²) < 4.78 is 1.73. The third-order valence-electron chi connectivity index (χ3n) is 4.34. The Morgan fingerprint density at radius 1 is 1.42 bits per heavy atom. The Balaban J connectivity index is 1.80. The summed E-state index contributed by atoms with van der Waals surface area (Å²) in [5.74, 6) is -1.20. The van der Waals surface area contributed by atoms with E-state index < -0.39 is 11.4 Å². The number of benzene rings is 1. The molecule has 1 aromatic heterocycles. The van der Waals surface area contributed by atoms with Crippen LogP contribution in [0, 0.1) is 5.41 Å². The van der Waals surface area contributed by atoms with Crippen molar-refractivity contribution in [1.82, 2.24) is 9.78 Å². The molecule has 0 bridgehead atoms. The number of hydrogen-bond acceptors (Lipinski definition) is 3. The number of halogens is 1. The van der Waals surface area contributed by atoms with E-state index in [-0.39, 0.29) is 12.3 Å². The third-order valence-corrected chi connectivity index (χ3v) is 4.57. The van der Waals surface area contributed by atoms with Gasteiger partial charge in [0.15, 0.2) is 0 Å². The summed E-state index contributed by atoms with van der Waals surface area (Å²) in [5.41, 5.74) is 1.37. The lowest BCUT2D eigenvalue weighted by atomic mass is 10.0. The maximum Gasteiger partial charge on any atom is 0.310 e. The fourth-order valence-electron chi connectivity index (χ4n) is 2.77. The molecule has 24 heavy (non-hydrogen) atoms. The van der Waals surface area contributed by atoms with Crippen LogP contribution in [-0.4, -0.2) is 26.8 Å². The second-order valence-corrected chi connectivity index (χ2v) is 6.50. The topological polar surface area (TPSA) is 84.2 Å². The van der Waals surface area contributed by atoms with Crippen LogP contribution in [0.15, 0.2) is 30.5 Å². The predicted octanol–water partition coefficient (Wildman–Crippen LogP) is 3.28. The van der Waals surface area contributed by atoms with Gasteiger partial charge < -0.3 is 10.4 Å². The van der Waals surface area contributed by atoms with Crippen LogP contribution in [0.1, 0.15) is 31.9 Å². The van der Waals surface area contributed by atoms with Crippen molar-refractivity contribution in [3.8, 4) is 5.69 Å². The van der Waals surface area contributed by atoms with Gasteiger partial charge in [-0.05, 0) is 37.5 Å². The molecule has 0 saturated heterocycles. The number of rotatable bonds is 6. The summed E-state index contributed by atoms with van der Waals surface area (Å²) in [6.07, 6.45) is 3.34. The Morgan fingerprint density at radius 3 is 2.75 bits per heavy atom. The van der Waals surface area contributed by atoms with Gasteiger partial charge in [0.05, 0.1) is 28.7 Å². The van der Waals surface area contributed by atoms with E-state index in [1.165, 1.54) is 0 Å². The fourth-order valence-corrected chi connectivity index (χ4v) is 2.95. The number of nitrogens with zero attached hydrogens (tertiary/aromatic N) is 2. The first kappa shape index (κ1) is 16.5. The Labute approximate surface area is 144 Å². The number of anilines is 1. The highest BCUT2D eigenvalue weighted by Crippen LogP contribution is 2.49. The van der Waals surface area contributed by atoms with Crippen LogP contribution in [0.4, 0.5) is 5.69 Å². The van der Waals surface area contributed by atoms with E-state index in [9.17, 15) is 14.7 Å². The van der Waals surface area contributed by atoms with Gasteiger partial charge in [0, 0.05) is 11.4 Å². The van der Waals surface area contributed by atoms with Crippen LogP contribution in [-0.2, 0) is 16.0 Å². The molecule has 0 unspecified atom stereocenters. The zero-order chi connectivity index (χ0) is 17.3. The lowest BCUT2D eigenvalue weighted by Gasteiger charge is -2.11. The maximum absolute atomic E-state index is 12.2. The van der Waals surface area contributed by atoms with E-state index in [0.717, 1.165) is 11.4 Å². The molecule has 2 aromatic rings. The average Bonchev–Trinajstić information content (AvgIpc) is 3.20. The van der Waals surface area contributed by atoms with Crippen LogP contribution in [0.2, 0.25) is 5.02 Å². The zero-order valence-corrected chi connectivity index (χ0v) is 14.0. The Kier molecular flexibility index (Phi) is 4.32. The largest absolute Gasteiger partial charge is 0.481 e. The smallest absolute Gasteiger partial charge is 0.310 e. The quantitative estimate of drug-likeness (QED) is 0.839. The monoisotopic (exact) mass is 347 g/mol. The number of carboxylic acid groups (broad SMARTS) is 1. The average molecular weight is 348 g/mol. The molecule has 3 rings (SSSR count). The molecule has 7 heteroatoms. The van der Waals surface area contributed by atoms with Crippen molar-refractivity contribution in [3.63, 3.8) is 0 Å². The highest BCUT2D eigenvalue weighted by Gasteiger charge is 2.51. The van der Waals surface area contributed by atoms with Crippen LogP contribution in [0.3, 0.4) is 0 Å².